The second-order valence-corrected chi connectivity index (χ2v) is 8.57. The van der Waals surface area contributed by atoms with Gasteiger partial charge in [0.05, 0.1) is 25.5 Å². The zero-order chi connectivity index (χ0) is 20.1. The summed E-state index contributed by atoms with van der Waals surface area (Å²) in [6.45, 7) is 12.7. The van der Waals surface area contributed by atoms with Crippen molar-refractivity contribution in [3.05, 3.63) is 64.3 Å². The number of thioether (sulfide) groups is 1. The summed E-state index contributed by atoms with van der Waals surface area (Å²) in [6.07, 6.45) is 1.03. The van der Waals surface area contributed by atoms with Crippen LogP contribution in [0.2, 0.25) is 0 Å². The van der Waals surface area contributed by atoms with E-state index in [1.807, 2.05) is 17.5 Å². The number of hydrogen-bond donors (Lipinski definition) is 0. The fraction of sp³-hybridized carbons (Fsp3) is 0.318. The number of benzene rings is 1. The Balaban J connectivity index is 1.69. The lowest BCUT2D eigenvalue weighted by molar-refractivity contribution is 0.122. The number of nitrogens with zero attached hydrogens (tertiary/aromatic N) is 4. The van der Waals surface area contributed by atoms with Gasteiger partial charge in [-0.15, -0.1) is 11.3 Å². The lowest BCUT2D eigenvalue weighted by atomic mass is 10.1. The molecule has 0 unspecified atom stereocenters. The van der Waals surface area contributed by atoms with E-state index >= 15 is 0 Å². The molecular formula is C22H22N4OS2. The molecule has 1 fully saturated rings. The molecule has 3 aromatic rings. The topological polar surface area (TPSA) is 42.6 Å². The van der Waals surface area contributed by atoms with Crippen LogP contribution in [0.25, 0.3) is 15.4 Å². The quantitative estimate of drug-likeness (QED) is 0.300. The van der Waals surface area contributed by atoms with E-state index in [2.05, 4.69) is 40.9 Å². The van der Waals surface area contributed by atoms with Crippen molar-refractivity contribution in [2.24, 2.45) is 0 Å². The standard InChI is InChI=1S/C22H22N4OS2/c1-3-16-6-4-7-17(14-16)15-29-22-24-19(18-8-5-13-28-18)20(23-2)21(25-22)26-9-11-27-12-10-26/h4-8,13-14H,3,9-12,15H2,1H3. The predicted octanol–water partition coefficient (Wildman–Crippen LogP) is 5.45. The molecule has 1 aliphatic rings. The smallest absolute Gasteiger partial charge is 0.254 e. The summed E-state index contributed by atoms with van der Waals surface area (Å²) in [4.78, 5) is 16.6. The van der Waals surface area contributed by atoms with E-state index in [0.29, 0.717) is 24.1 Å². The molecule has 0 saturated carbocycles. The molecule has 0 N–H and O–H groups in total. The van der Waals surface area contributed by atoms with E-state index in [9.17, 15) is 0 Å². The molecule has 0 radical (unpaired) electrons. The number of aromatic nitrogens is 2. The average molecular weight is 423 g/mol. The molecule has 3 heterocycles. The monoisotopic (exact) mass is 422 g/mol. The lowest BCUT2D eigenvalue weighted by Crippen LogP contribution is -2.37. The Labute approximate surface area is 179 Å². The van der Waals surface area contributed by atoms with E-state index in [1.165, 1.54) is 11.1 Å². The minimum atomic E-state index is 0.534. The fourth-order valence-corrected chi connectivity index (χ4v) is 4.76. The molecule has 0 bridgehead atoms. The first kappa shape index (κ1) is 19.9. The summed E-state index contributed by atoms with van der Waals surface area (Å²) < 4.78 is 5.49. The van der Waals surface area contributed by atoms with Crippen molar-refractivity contribution in [2.45, 2.75) is 24.3 Å². The first-order valence-electron chi connectivity index (χ1n) is 9.65. The van der Waals surface area contributed by atoms with Gasteiger partial charge >= 0.3 is 0 Å². The van der Waals surface area contributed by atoms with Crippen LogP contribution in [0, 0.1) is 6.57 Å². The second-order valence-electron chi connectivity index (χ2n) is 6.68. The Hall–Kier alpha value is -2.40. The minimum absolute atomic E-state index is 0.534. The lowest BCUT2D eigenvalue weighted by Gasteiger charge is -2.29. The predicted molar refractivity (Wildman–Crippen MR) is 120 cm³/mol. The third-order valence-electron chi connectivity index (χ3n) is 4.79. The molecule has 0 aliphatic carbocycles. The molecule has 0 spiro atoms. The molecule has 2 aromatic heterocycles. The first-order chi connectivity index (χ1) is 14.3. The van der Waals surface area contributed by atoms with Gasteiger partial charge in [0, 0.05) is 23.7 Å². The maximum Gasteiger partial charge on any atom is 0.254 e. The Morgan fingerprint density at radius 3 is 2.72 bits per heavy atom. The Kier molecular flexibility index (Phi) is 6.45. The minimum Gasteiger partial charge on any atom is -0.378 e. The Morgan fingerprint density at radius 2 is 2.00 bits per heavy atom. The van der Waals surface area contributed by atoms with Gasteiger partial charge in [-0.3, -0.25) is 0 Å². The zero-order valence-corrected chi connectivity index (χ0v) is 17.9. The number of rotatable bonds is 6. The maximum atomic E-state index is 7.78. The highest BCUT2D eigenvalue weighted by atomic mass is 32.2. The van der Waals surface area contributed by atoms with Gasteiger partial charge in [0.25, 0.3) is 5.69 Å². The van der Waals surface area contributed by atoms with E-state index in [4.69, 9.17) is 21.3 Å². The Morgan fingerprint density at radius 1 is 1.17 bits per heavy atom. The number of hydrogen-bond acceptors (Lipinski definition) is 6. The molecule has 1 aliphatic heterocycles. The van der Waals surface area contributed by atoms with Crippen LogP contribution in [0.4, 0.5) is 11.5 Å². The van der Waals surface area contributed by atoms with Crippen molar-refractivity contribution < 1.29 is 4.74 Å². The van der Waals surface area contributed by atoms with Crippen molar-refractivity contribution in [2.75, 3.05) is 31.2 Å². The summed E-state index contributed by atoms with van der Waals surface area (Å²) in [5.74, 6) is 1.53. The highest BCUT2D eigenvalue weighted by Gasteiger charge is 2.23. The molecule has 7 heteroatoms. The highest BCUT2D eigenvalue weighted by Crippen LogP contribution is 2.40. The number of aryl methyl sites for hydroxylation is 1. The van der Waals surface area contributed by atoms with Crippen LogP contribution in [0.1, 0.15) is 18.1 Å². The second kappa shape index (κ2) is 9.40. The van der Waals surface area contributed by atoms with Crippen molar-refractivity contribution >= 4 is 34.6 Å². The van der Waals surface area contributed by atoms with Crippen LogP contribution in [-0.2, 0) is 16.9 Å². The van der Waals surface area contributed by atoms with Crippen LogP contribution < -0.4 is 4.90 Å². The average Bonchev–Trinajstić information content (AvgIpc) is 3.32. The van der Waals surface area contributed by atoms with Crippen molar-refractivity contribution in [1.82, 2.24) is 9.97 Å². The maximum absolute atomic E-state index is 7.78. The third kappa shape index (κ3) is 4.61. The molecule has 29 heavy (non-hydrogen) atoms. The number of morpholine rings is 1. The Bertz CT molecular complexity index is 1010. The summed E-state index contributed by atoms with van der Waals surface area (Å²) in [7, 11) is 0. The molecule has 5 nitrogen and oxygen atoms in total. The van der Waals surface area contributed by atoms with Crippen molar-refractivity contribution in [3.63, 3.8) is 0 Å². The number of anilines is 1. The molecule has 148 valence electrons. The molecular weight excluding hydrogens is 400 g/mol. The molecule has 0 amide bonds. The SMILES string of the molecule is [C-]#[N+]c1c(-c2cccs2)nc(SCc2cccc(CC)c2)nc1N1CCOCC1. The van der Waals surface area contributed by atoms with Crippen LogP contribution in [-0.4, -0.2) is 36.3 Å². The van der Waals surface area contributed by atoms with Gasteiger partial charge in [-0.1, -0.05) is 49.0 Å². The largest absolute Gasteiger partial charge is 0.378 e. The fourth-order valence-electron chi connectivity index (χ4n) is 3.26. The van der Waals surface area contributed by atoms with Crippen LogP contribution in [0.15, 0.2) is 46.9 Å². The zero-order valence-electron chi connectivity index (χ0n) is 16.3. The van der Waals surface area contributed by atoms with Gasteiger partial charge in [0.2, 0.25) is 0 Å². The van der Waals surface area contributed by atoms with Crippen LogP contribution in [0.5, 0.6) is 0 Å². The van der Waals surface area contributed by atoms with Gasteiger partial charge < -0.3 is 9.64 Å². The summed E-state index contributed by atoms with van der Waals surface area (Å²) in [5.41, 5.74) is 3.86. The van der Waals surface area contributed by atoms with Gasteiger partial charge in [0.1, 0.15) is 5.82 Å². The summed E-state index contributed by atoms with van der Waals surface area (Å²) in [5, 5.41) is 2.73. The van der Waals surface area contributed by atoms with E-state index in [-0.39, 0.29) is 0 Å². The van der Waals surface area contributed by atoms with E-state index in [1.54, 1.807) is 23.1 Å². The van der Waals surface area contributed by atoms with Crippen molar-refractivity contribution in [3.8, 4) is 10.6 Å². The van der Waals surface area contributed by atoms with E-state index in [0.717, 1.165) is 41.7 Å². The van der Waals surface area contributed by atoms with Gasteiger partial charge in [0.15, 0.2) is 5.16 Å². The van der Waals surface area contributed by atoms with Crippen LogP contribution in [0.3, 0.4) is 0 Å². The molecule has 1 saturated heterocycles. The first-order valence-corrected chi connectivity index (χ1v) is 11.5. The van der Waals surface area contributed by atoms with Gasteiger partial charge in [-0.05, 0) is 29.0 Å². The molecule has 0 atom stereocenters. The van der Waals surface area contributed by atoms with Gasteiger partial charge in [-0.2, -0.15) is 0 Å². The normalized spacial score (nSPS) is 14.0. The highest BCUT2D eigenvalue weighted by molar-refractivity contribution is 7.98. The summed E-state index contributed by atoms with van der Waals surface area (Å²) >= 11 is 3.23. The van der Waals surface area contributed by atoms with Gasteiger partial charge in [-0.25, -0.2) is 14.8 Å². The molecule has 1 aromatic carbocycles. The van der Waals surface area contributed by atoms with E-state index < -0.39 is 0 Å². The third-order valence-corrected chi connectivity index (χ3v) is 6.58. The summed E-state index contributed by atoms with van der Waals surface area (Å²) in [6, 6.07) is 12.7. The van der Waals surface area contributed by atoms with Crippen molar-refractivity contribution in [1.29, 1.82) is 0 Å². The number of ether oxygens (including phenoxy) is 1. The van der Waals surface area contributed by atoms with Crippen LogP contribution >= 0.6 is 23.1 Å². The molecule has 4 rings (SSSR count). The number of thiophene rings is 1.